The van der Waals surface area contributed by atoms with Crippen LogP contribution in [0.15, 0.2) is 28.2 Å². The molecule has 1 saturated heterocycles. The quantitative estimate of drug-likeness (QED) is 0.418. The van der Waals surface area contributed by atoms with Crippen LogP contribution in [-0.4, -0.2) is 55.5 Å². The van der Waals surface area contributed by atoms with Crippen molar-refractivity contribution in [2.24, 2.45) is 16.6 Å². The summed E-state index contributed by atoms with van der Waals surface area (Å²) in [4.78, 5) is 11.7. The topological polar surface area (TPSA) is 108 Å². The predicted octanol–water partition coefficient (Wildman–Crippen LogP) is 1.33. The molecule has 146 valence electrons. The summed E-state index contributed by atoms with van der Waals surface area (Å²) in [6.45, 7) is 10.3. The van der Waals surface area contributed by atoms with Crippen LogP contribution in [0.1, 0.15) is 34.1 Å². The summed E-state index contributed by atoms with van der Waals surface area (Å²) in [6.07, 6.45) is 2.65. The molecule has 8 nitrogen and oxygen atoms in total. The van der Waals surface area contributed by atoms with Gasteiger partial charge in [0.1, 0.15) is 11.7 Å². The summed E-state index contributed by atoms with van der Waals surface area (Å²) in [5, 5.41) is 12.3. The van der Waals surface area contributed by atoms with Crippen molar-refractivity contribution < 1.29 is 9.57 Å². The van der Waals surface area contributed by atoms with Crippen LogP contribution in [-0.2, 0) is 9.57 Å². The largest absolute Gasteiger partial charge is 0.402 e. The van der Waals surface area contributed by atoms with Gasteiger partial charge in [-0.2, -0.15) is 4.99 Å². The lowest BCUT2D eigenvalue weighted by Gasteiger charge is -2.39. The molecule has 2 aliphatic rings. The third-order valence-corrected chi connectivity index (χ3v) is 4.39. The molecule has 0 amide bonds. The number of hydroxylamine groups is 1. The molecular formula is C18H32N6O2. The van der Waals surface area contributed by atoms with Crippen LogP contribution >= 0.6 is 0 Å². The number of hydrogen-bond donors (Lipinski definition) is 4. The van der Waals surface area contributed by atoms with Crippen molar-refractivity contribution in [1.29, 1.82) is 5.41 Å². The lowest BCUT2D eigenvalue weighted by Crippen LogP contribution is -2.55. The Labute approximate surface area is 156 Å². The lowest BCUT2D eigenvalue weighted by atomic mass is 9.99. The number of nitrogens with one attached hydrogen (secondary N) is 3. The van der Waals surface area contributed by atoms with Gasteiger partial charge in [-0.1, -0.05) is 13.8 Å². The summed E-state index contributed by atoms with van der Waals surface area (Å²) < 4.78 is 5.69. The fourth-order valence-corrected chi connectivity index (χ4v) is 3.04. The Morgan fingerprint density at radius 3 is 2.85 bits per heavy atom. The average Bonchev–Trinajstić information content (AvgIpc) is 3.03. The van der Waals surface area contributed by atoms with Crippen molar-refractivity contribution in [3.63, 3.8) is 0 Å². The number of allylic oxidation sites excluding steroid dienone is 1. The molecule has 5 N–H and O–H groups in total. The van der Waals surface area contributed by atoms with E-state index in [9.17, 15) is 0 Å². The Morgan fingerprint density at radius 1 is 1.58 bits per heavy atom. The lowest BCUT2D eigenvalue weighted by molar-refractivity contribution is 0.0249. The van der Waals surface area contributed by atoms with E-state index in [0.717, 1.165) is 19.5 Å². The number of rotatable bonds is 6. The molecule has 8 heteroatoms. The highest BCUT2D eigenvalue weighted by molar-refractivity contribution is 5.99. The maximum Gasteiger partial charge on any atom is 0.258 e. The van der Waals surface area contributed by atoms with Gasteiger partial charge in [0.15, 0.2) is 0 Å². The second-order valence-corrected chi connectivity index (χ2v) is 7.27. The van der Waals surface area contributed by atoms with Crippen molar-refractivity contribution in [2.75, 3.05) is 26.7 Å². The molecule has 0 saturated carbocycles. The molecule has 0 unspecified atom stereocenters. The second kappa shape index (κ2) is 9.05. The molecule has 2 rings (SSSR count). The fraction of sp³-hybridized carbons (Fsp3) is 0.667. The van der Waals surface area contributed by atoms with E-state index in [0.29, 0.717) is 47.3 Å². The van der Waals surface area contributed by atoms with E-state index in [4.69, 9.17) is 20.7 Å². The molecule has 2 aliphatic heterocycles. The van der Waals surface area contributed by atoms with Gasteiger partial charge in [-0.05, 0) is 38.8 Å². The van der Waals surface area contributed by atoms with E-state index in [1.807, 2.05) is 4.90 Å². The summed E-state index contributed by atoms with van der Waals surface area (Å²) in [5.74, 6) is 1.95. The van der Waals surface area contributed by atoms with Crippen LogP contribution in [0.4, 0.5) is 0 Å². The summed E-state index contributed by atoms with van der Waals surface area (Å²) in [5.41, 5.74) is 9.73. The summed E-state index contributed by atoms with van der Waals surface area (Å²) in [7, 11) is 1.73. The number of likely N-dealkylation sites (tertiary alicyclic amines) is 1. The van der Waals surface area contributed by atoms with Crippen LogP contribution in [0, 0.1) is 11.3 Å². The van der Waals surface area contributed by atoms with E-state index < -0.39 is 0 Å². The Bertz CT molecular complexity index is 607. The Balaban J connectivity index is 2.14. The number of aliphatic imine (C=N–C) groups is 1. The van der Waals surface area contributed by atoms with Crippen molar-refractivity contribution in [3.8, 4) is 0 Å². The van der Waals surface area contributed by atoms with E-state index >= 15 is 0 Å². The fourth-order valence-electron chi connectivity index (χ4n) is 3.04. The summed E-state index contributed by atoms with van der Waals surface area (Å²) in [6, 6.07) is 0.291. The monoisotopic (exact) mass is 364 g/mol. The van der Waals surface area contributed by atoms with Gasteiger partial charge < -0.3 is 25.5 Å². The predicted molar refractivity (Wildman–Crippen MR) is 104 cm³/mol. The minimum atomic E-state index is 0.0184. The molecular weight excluding hydrogens is 332 g/mol. The van der Waals surface area contributed by atoms with Gasteiger partial charge in [0.05, 0.1) is 11.7 Å². The SMILES string of the molecule is CO[C@H]1CN(C(=N)C(/C=C(/C)N)=C2\N=C(C)NO2)CC[C@H]1NCC(C)C. The van der Waals surface area contributed by atoms with Gasteiger partial charge in [0.2, 0.25) is 0 Å². The van der Waals surface area contributed by atoms with Crippen LogP contribution in [0.3, 0.4) is 0 Å². The second-order valence-electron chi connectivity index (χ2n) is 7.27. The van der Waals surface area contributed by atoms with Crippen molar-refractivity contribution >= 4 is 11.7 Å². The van der Waals surface area contributed by atoms with Crippen LogP contribution < -0.4 is 16.5 Å². The van der Waals surface area contributed by atoms with Crippen LogP contribution in [0.25, 0.3) is 0 Å². The number of piperidine rings is 1. The maximum atomic E-state index is 8.68. The number of methoxy groups -OCH3 is 1. The normalized spacial score (nSPS) is 25.7. The highest BCUT2D eigenvalue weighted by Gasteiger charge is 2.32. The van der Waals surface area contributed by atoms with Crippen molar-refractivity contribution in [3.05, 3.63) is 23.2 Å². The highest BCUT2D eigenvalue weighted by Crippen LogP contribution is 2.21. The number of ether oxygens (including phenoxy) is 1. The first-order chi connectivity index (χ1) is 12.3. The third kappa shape index (κ3) is 5.22. The first-order valence-electron chi connectivity index (χ1n) is 9.08. The third-order valence-electron chi connectivity index (χ3n) is 4.39. The molecule has 0 radical (unpaired) electrons. The zero-order chi connectivity index (χ0) is 19.3. The van der Waals surface area contributed by atoms with E-state index in [-0.39, 0.29) is 6.10 Å². The van der Waals surface area contributed by atoms with Gasteiger partial charge >= 0.3 is 0 Å². The molecule has 0 aromatic carbocycles. The van der Waals surface area contributed by atoms with Gasteiger partial charge in [0.25, 0.3) is 5.88 Å². The Morgan fingerprint density at radius 2 is 2.31 bits per heavy atom. The first kappa shape index (κ1) is 20.3. The van der Waals surface area contributed by atoms with E-state index in [1.165, 1.54) is 0 Å². The molecule has 0 bridgehead atoms. The minimum absolute atomic E-state index is 0.0184. The minimum Gasteiger partial charge on any atom is -0.402 e. The van der Waals surface area contributed by atoms with Crippen LogP contribution in [0.5, 0.6) is 0 Å². The van der Waals surface area contributed by atoms with Gasteiger partial charge in [0, 0.05) is 31.9 Å². The number of amidine groups is 2. The molecule has 0 aromatic heterocycles. The molecule has 0 aromatic rings. The maximum absolute atomic E-state index is 8.68. The van der Waals surface area contributed by atoms with Crippen LogP contribution in [0.2, 0.25) is 0 Å². The molecule has 0 aliphatic carbocycles. The molecule has 1 fully saturated rings. The van der Waals surface area contributed by atoms with Gasteiger partial charge in [-0.25, -0.2) is 5.48 Å². The molecule has 0 spiro atoms. The van der Waals surface area contributed by atoms with Crippen molar-refractivity contribution in [1.82, 2.24) is 15.7 Å². The number of nitrogens with zero attached hydrogens (tertiary/aromatic N) is 2. The molecule has 2 heterocycles. The average molecular weight is 364 g/mol. The molecule has 26 heavy (non-hydrogen) atoms. The zero-order valence-corrected chi connectivity index (χ0v) is 16.4. The smallest absolute Gasteiger partial charge is 0.258 e. The summed E-state index contributed by atoms with van der Waals surface area (Å²) >= 11 is 0. The van der Waals surface area contributed by atoms with Gasteiger partial charge in [-0.3, -0.25) is 5.41 Å². The Kier molecular flexibility index (Phi) is 7.05. The van der Waals surface area contributed by atoms with Gasteiger partial charge in [-0.15, -0.1) is 0 Å². The highest BCUT2D eigenvalue weighted by atomic mass is 16.7. The first-order valence-corrected chi connectivity index (χ1v) is 9.08. The standard InChI is InChI=1S/C18H32N6O2/c1-11(2)9-21-15-6-7-24(10-16(15)25-5)17(20)14(8-12(3)19)18-22-13(4)23-26-18/h8,11,15-16,20-21H,6-7,9-10,19H2,1-5H3,(H,22,23)/b12-8-,18-14+,20-17?/t15-,16+/m1/s1. The zero-order valence-electron chi connectivity index (χ0n) is 16.4. The Hall–Kier alpha value is -2.06. The van der Waals surface area contributed by atoms with E-state index in [1.54, 1.807) is 27.0 Å². The number of nitrogens with two attached hydrogens (primary N) is 1. The van der Waals surface area contributed by atoms with Crippen molar-refractivity contribution in [2.45, 2.75) is 46.3 Å². The van der Waals surface area contributed by atoms with E-state index in [2.05, 4.69) is 29.6 Å². The number of hydrogen-bond acceptors (Lipinski definition) is 7. The molecule has 2 atom stereocenters.